The highest BCUT2D eigenvalue weighted by Gasteiger charge is 2.10. The molecule has 5 nitrogen and oxygen atoms in total. The zero-order valence-corrected chi connectivity index (χ0v) is 10.9. The number of amidine groups is 1. The van der Waals surface area contributed by atoms with E-state index in [4.69, 9.17) is 22.5 Å². The van der Waals surface area contributed by atoms with Crippen LogP contribution >= 0.6 is 11.6 Å². The van der Waals surface area contributed by atoms with Gasteiger partial charge in [-0.3, -0.25) is 4.79 Å². The second-order valence-corrected chi connectivity index (χ2v) is 4.40. The van der Waals surface area contributed by atoms with Crippen LogP contribution in [0.1, 0.15) is 12.0 Å². The van der Waals surface area contributed by atoms with Gasteiger partial charge in [0.2, 0.25) is 5.91 Å². The molecule has 1 aromatic rings. The molecule has 0 saturated carbocycles. The van der Waals surface area contributed by atoms with E-state index in [0.29, 0.717) is 24.4 Å². The fraction of sp³-hybridized carbons (Fsp3) is 0.333. The number of rotatable bonds is 5. The number of oxime groups is 1. The molecule has 0 radical (unpaired) electrons. The smallest absolute Gasteiger partial charge is 0.226 e. The molecular formula is C12H16ClN3O2. The van der Waals surface area contributed by atoms with Crippen molar-refractivity contribution in [2.75, 3.05) is 13.6 Å². The molecule has 0 aliphatic carbocycles. The van der Waals surface area contributed by atoms with Crippen LogP contribution in [0.15, 0.2) is 29.4 Å². The second kappa shape index (κ2) is 6.86. The van der Waals surface area contributed by atoms with Gasteiger partial charge >= 0.3 is 0 Å². The fourth-order valence-electron chi connectivity index (χ4n) is 1.37. The third-order valence-electron chi connectivity index (χ3n) is 2.53. The molecule has 18 heavy (non-hydrogen) atoms. The molecule has 0 unspecified atom stereocenters. The van der Waals surface area contributed by atoms with Gasteiger partial charge in [0, 0.05) is 25.0 Å². The summed E-state index contributed by atoms with van der Waals surface area (Å²) < 4.78 is 0. The second-order valence-electron chi connectivity index (χ2n) is 3.96. The van der Waals surface area contributed by atoms with Gasteiger partial charge in [-0.1, -0.05) is 28.9 Å². The minimum absolute atomic E-state index is 0.0249. The lowest BCUT2D eigenvalue weighted by molar-refractivity contribution is -0.129. The van der Waals surface area contributed by atoms with Crippen LogP contribution in [0.2, 0.25) is 5.02 Å². The Balaban J connectivity index is 2.47. The van der Waals surface area contributed by atoms with Crippen molar-refractivity contribution in [2.45, 2.75) is 12.8 Å². The normalized spacial score (nSPS) is 11.3. The summed E-state index contributed by atoms with van der Waals surface area (Å²) in [5.74, 6) is 0.0872. The van der Waals surface area contributed by atoms with E-state index < -0.39 is 0 Å². The largest absolute Gasteiger partial charge is 0.409 e. The Morgan fingerprint density at radius 2 is 2.06 bits per heavy atom. The average Bonchev–Trinajstić information content (AvgIpc) is 2.38. The first kappa shape index (κ1) is 14.3. The molecular weight excluding hydrogens is 254 g/mol. The molecule has 1 amide bonds. The molecule has 0 heterocycles. The summed E-state index contributed by atoms with van der Waals surface area (Å²) in [5.41, 5.74) is 6.24. The maximum absolute atomic E-state index is 11.8. The van der Waals surface area contributed by atoms with E-state index in [1.807, 2.05) is 12.1 Å². The summed E-state index contributed by atoms with van der Waals surface area (Å²) in [5, 5.41) is 11.9. The Morgan fingerprint density at radius 1 is 1.44 bits per heavy atom. The van der Waals surface area contributed by atoms with Crippen LogP contribution in [0, 0.1) is 0 Å². The number of benzene rings is 1. The number of nitrogens with two attached hydrogens (primary N) is 1. The van der Waals surface area contributed by atoms with Gasteiger partial charge in [-0.25, -0.2) is 0 Å². The minimum atomic E-state index is -0.0249. The monoisotopic (exact) mass is 269 g/mol. The van der Waals surface area contributed by atoms with Gasteiger partial charge in [0.15, 0.2) is 0 Å². The molecule has 0 aliphatic heterocycles. The van der Waals surface area contributed by atoms with E-state index in [2.05, 4.69) is 5.16 Å². The Kier molecular flexibility index (Phi) is 5.45. The summed E-state index contributed by atoms with van der Waals surface area (Å²) in [4.78, 5) is 13.4. The number of amides is 1. The topological polar surface area (TPSA) is 78.9 Å². The van der Waals surface area contributed by atoms with Gasteiger partial charge in [0.1, 0.15) is 5.84 Å². The molecule has 3 N–H and O–H groups in total. The SMILES string of the molecule is CN(CC/C(N)=N/O)C(=O)Cc1ccc(Cl)cc1. The zero-order chi connectivity index (χ0) is 13.5. The van der Waals surface area contributed by atoms with Gasteiger partial charge in [-0.15, -0.1) is 0 Å². The Bertz CT molecular complexity index is 431. The van der Waals surface area contributed by atoms with Crippen LogP contribution in [-0.4, -0.2) is 35.4 Å². The molecule has 0 atom stereocenters. The third-order valence-corrected chi connectivity index (χ3v) is 2.78. The zero-order valence-electron chi connectivity index (χ0n) is 10.1. The van der Waals surface area contributed by atoms with Crippen LogP contribution in [0.5, 0.6) is 0 Å². The van der Waals surface area contributed by atoms with E-state index in [-0.39, 0.29) is 11.7 Å². The Morgan fingerprint density at radius 3 is 2.61 bits per heavy atom. The fourth-order valence-corrected chi connectivity index (χ4v) is 1.49. The number of carbonyl (C=O) groups is 1. The van der Waals surface area contributed by atoms with Crippen molar-refractivity contribution in [3.63, 3.8) is 0 Å². The molecule has 0 saturated heterocycles. The summed E-state index contributed by atoms with van der Waals surface area (Å²) >= 11 is 5.77. The van der Waals surface area contributed by atoms with Crippen LogP contribution < -0.4 is 5.73 Å². The summed E-state index contributed by atoms with van der Waals surface area (Å²) in [6.45, 7) is 0.419. The Labute approximate surface area is 111 Å². The number of nitrogens with zero attached hydrogens (tertiary/aromatic N) is 2. The van der Waals surface area contributed by atoms with Crippen molar-refractivity contribution >= 4 is 23.3 Å². The highest BCUT2D eigenvalue weighted by molar-refractivity contribution is 6.30. The summed E-state index contributed by atoms with van der Waals surface area (Å²) in [6, 6.07) is 7.14. The first-order chi connectivity index (χ1) is 8.52. The molecule has 1 rings (SSSR count). The van der Waals surface area contributed by atoms with Crippen LogP contribution in [0.4, 0.5) is 0 Å². The van der Waals surface area contributed by atoms with Crippen molar-refractivity contribution in [3.8, 4) is 0 Å². The molecule has 6 heteroatoms. The van der Waals surface area contributed by atoms with Gasteiger partial charge in [0.05, 0.1) is 6.42 Å². The van der Waals surface area contributed by atoms with E-state index in [9.17, 15) is 4.79 Å². The molecule has 0 fully saturated rings. The quantitative estimate of drug-likeness (QED) is 0.368. The van der Waals surface area contributed by atoms with Gasteiger partial charge in [0.25, 0.3) is 0 Å². The predicted octanol–water partition coefficient (Wildman–Crippen LogP) is 1.48. The lowest BCUT2D eigenvalue weighted by Gasteiger charge is -2.16. The summed E-state index contributed by atoms with van der Waals surface area (Å²) in [7, 11) is 1.68. The standard InChI is InChI=1S/C12H16ClN3O2/c1-16(7-6-11(14)15-18)12(17)8-9-2-4-10(13)5-3-9/h2-5,18H,6-8H2,1H3,(H2,14,15). The van der Waals surface area contributed by atoms with Gasteiger partial charge in [-0.05, 0) is 17.7 Å². The first-order valence-corrected chi connectivity index (χ1v) is 5.85. The molecule has 98 valence electrons. The van der Waals surface area contributed by atoms with E-state index >= 15 is 0 Å². The van der Waals surface area contributed by atoms with Crippen molar-refractivity contribution < 1.29 is 10.0 Å². The Hall–Kier alpha value is -1.75. The van der Waals surface area contributed by atoms with E-state index in [1.165, 1.54) is 0 Å². The number of hydrogen-bond donors (Lipinski definition) is 2. The van der Waals surface area contributed by atoms with Crippen molar-refractivity contribution in [1.29, 1.82) is 0 Å². The van der Waals surface area contributed by atoms with Crippen molar-refractivity contribution in [2.24, 2.45) is 10.9 Å². The number of likely N-dealkylation sites (N-methyl/N-ethyl adjacent to an activating group) is 1. The molecule has 0 aromatic heterocycles. The van der Waals surface area contributed by atoms with E-state index in [1.54, 1.807) is 24.1 Å². The maximum atomic E-state index is 11.8. The maximum Gasteiger partial charge on any atom is 0.226 e. The average molecular weight is 270 g/mol. The van der Waals surface area contributed by atoms with Crippen molar-refractivity contribution in [3.05, 3.63) is 34.9 Å². The van der Waals surface area contributed by atoms with E-state index in [0.717, 1.165) is 5.56 Å². The number of hydrogen-bond acceptors (Lipinski definition) is 3. The molecule has 0 bridgehead atoms. The molecule has 0 spiro atoms. The highest BCUT2D eigenvalue weighted by atomic mass is 35.5. The third kappa shape index (κ3) is 4.63. The lowest BCUT2D eigenvalue weighted by Crippen LogP contribution is -2.31. The lowest BCUT2D eigenvalue weighted by atomic mass is 10.1. The number of halogens is 1. The van der Waals surface area contributed by atoms with Crippen molar-refractivity contribution in [1.82, 2.24) is 4.90 Å². The van der Waals surface area contributed by atoms with Gasteiger partial charge in [-0.2, -0.15) is 0 Å². The van der Waals surface area contributed by atoms with Crippen LogP contribution in [0.25, 0.3) is 0 Å². The van der Waals surface area contributed by atoms with Crippen LogP contribution in [-0.2, 0) is 11.2 Å². The molecule has 1 aromatic carbocycles. The predicted molar refractivity (Wildman–Crippen MR) is 70.8 cm³/mol. The van der Waals surface area contributed by atoms with Gasteiger partial charge < -0.3 is 15.8 Å². The molecule has 0 aliphatic rings. The minimum Gasteiger partial charge on any atom is -0.409 e. The summed E-state index contributed by atoms with van der Waals surface area (Å²) in [6.07, 6.45) is 0.656. The first-order valence-electron chi connectivity index (χ1n) is 5.47. The highest BCUT2D eigenvalue weighted by Crippen LogP contribution is 2.10. The number of carbonyl (C=O) groups excluding carboxylic acids is 1. The van der Waals surface area contributed by atoms with Crippen LogP contribution in [0.3, 0.4) is 0 Å².